The predicted molar refractivity (Wildman–Crippen MR) is 97.7 cm³/mol. The molecule has 6 heteroatoms. The van der Waals surface area contributed by atoms with Crippen LogP contribution in [0.25, 0.3) is 0 Å². The lowest BCUT2D eigenvalue weighted by atomic mass is 10.1. The van der Waals surface area contributed by atoms with E-state index in [4.69, 9.17) is 18.9 Å². The number of carbonyl (C=O) groups is 1. The van der Waals surface area contributed by atoms with Gasteiger partial charge >= 0.3 is 5.97 Å². The van der Waals surface area contributed by atoms with E-state index in [1.165, 1.54) is 14.0 Å². The van der Waals surface area contributed by atoms with Crippen LogP contribution >= 0.6 is 0 Å². The second-order valence-corrected chi connectivity index (χ2v) is 5.76. The van der Waals surface area contributed by atoms with Crippen LogP contribution in [0.3, 0.4) is 0 Å². The van der Waals surface area contributed by atoms with Crippen molar-refractivity contribution in [3.8, 4) is 17.6 Å². The number of esters is 1. The summed E-state index contributed by atoms with van der Waals surface area (Å²) in [7, 11) is 3.16. The average molecular weight is 364 g/mol. The van der Waals surface area contributed by atoms with Crippen LogP contribution in [0, 0.1) is 11.8 Å². The average Bonchev–Trinajstić information content (AvgIpc) is 2.62. The fourth-order valence-corrected chi connectivity index (χ4v) is 2.20. The van der Waals surface area contributed by atoms with Gasteiger partial charge in [-0.15, -0.1) is 0 Å². The van der Waals surface area contributed by atoms with Gasteiger partial charge in [-0.05, 0) is 30.5 Å². The van der Waals surface area contributed by atoms with Gasteiger partial charge in [-0.25, -0.2) is 0 Å². The molecule has 2 atom stereocenters. The van der Waals surface area contributed by atoms with Crippen LogP contribution in [0.4, 0.5) is 0 Å². The lowest BCUT2D eigenvalue weighted by Crippen LogP contribution is -2.20. The first-order chi connectivity index (χ1) is 12.5. The van der Waals surface area contributed by atoms with E-state index in [0.29, 0.717) is 32.5 Å². The van der Waals surface area contributed by atoms with Gasteiger partial charge in [-0.3, -0.25) is 4.79 Å². The Labute approximate surface area is 155 Å². The molecule has 0 aliphatic heterocycles. The van der Waals surface area contributed by atoms with Gasteiger partial charge < -0.3 is 24.1 Å². The second-order valence-electron chi connectivity index (χ2n) is 5.76. The summed E-state index contributed by atoms with van der Waals surface area (Å²) in [6, 6.07) is 7.68. The molecule has 1 rings (SSSR count). The minimum Gasteiger partial charge on any atom is -0.497 e. The molecule has 0 aliphatic carbocycles. The quantitative estimate of drug-likeness (QED) is 0.369. The molecule has 0 amide bonds. The maximum atomic E-state index is 11.2. The molecule has 1 aromatic carbocycles. The molecule has 0 aliphatic rings. The first kappa shape index (κ1) is 22.0. The second kappa shape index (κ2) is 13.2. The Morgan fingerprint density at radius 3 is 2.54 bits per heavy atom. The van der Waals surface area contributed by atoms with Crippen LogP contribution in [0.15, 0.2) is 24.3 Å². The van der Waals surface area contributed by atoms with Gasteiger partial charge in [0.15, 0.2) is 6.10 Å². The van der Waals surface area contributed by atoms with Gasteiger partial charge in [-0.2, -0.15) is 0 Å². The summed E-state index contributed by atoms with van der Waals surface area (Å²) < 4.78 is 20.7. The molecule has 26 heavy (non-hydrogen) atoms. The fourth-order valence-electron chi connectivity index (χ4n) is 2.20. The van der Waals surface area contributed by atoms with Crippen LogP contribution in [0.2, 0.25) is 0 Å². The maximum absolute atomic E-state index is 11.2. The third-order valence-corrected chi connectivity index (χ3v) is 3.49. The Morgan fingerprint density at radius 2 is 1.92 bits per heavy atom. The first-order valence-corrected chi connectivity index (χ1v) is 8.58. The Bertz CT molecular complexity index is 572. The van der Waals surface area contributed by atoms with E-state index in [9.17, 15) is 9.90 Å². The fraction of sp³-hybridized carbons (Fsp3) is 0.550. The lowest BCUT2D eigenvalue weighted by molar-refractivity contribution is -0.144. The van der Waals surface area contributed by atoms with Gasteiger partial charge in [-0.1, -0.05) is 24.0 Å². The molecule has 0 heterocycles. The SMILES string of the molecule is COC[C@@H](O)CCC(C#CCCOCc1ccc(OC)cc1)OC(C)=O. The number of aliphatic hydroxyl groups excluding tert-OH is 1. The van der Waals surface area contributed by atoms with E-state index < -0.39 is 12.2 Å². The van der Waals surface area contributed by atoms with E-state index in [-0.39, 0.29) is 12.6 Å². The van der Waals surface area contributed by atoms with Crippen molar-refractivity contribution in [1.29, 1.82) is 0 Å². The molecule has 6 nitrogen and oxygen atoms in total. The normalized spacial score (nSPS) is 12.6. The van der Waals surface area contributed by atoms with Gasteiger partial charge in [0.05, 0.1) is 33.0 Å². The zero-order valence-corrected chi connectivity index (χ0v) is 15.7. The summed E-state index contributed by atoms with van der Waals surface area (Å²) in [5, 5.41) is 9.67. The van der Waals surface area contributed by atoms with Crippen molar-refractivity contribution in [3.63, 3.8) is 0 Å². The maximum Gasteiger partial charge on any atom is 0.303 e. The zero-order chi connectivity index (χ0) is 19.2. The van der Waals surface area contributed by atoms with E-state index in [2.05, 4.69) is 11.8 Å². The van der Waals surface area contributed by atoms with Crippen molar-refractivity contribution >= 4 is 5.97 Å². The third kappa shape index (κ3) is 10.0. The van der Waals surface area contributed by atoms with Gasteiger partial charge in [0.1, 0.15) is 5.75 Å². The van der Waals surface area contributed by atoms with E-state index in [1.54, 1.807) is 7.11 Å². The van der Waals surface area contributed by atoms with Crippen LogP contribution < -0.4 is 4.74 Å². The predicted octanol–water partition coefficient (Wildman–Crippen LogP) is 2.32. The monoisotopic (exact) mass is 364 g/mol. The number of hydrogen-bond donors (Lipinski definition) is 1. The van der Waals surface area contributed by atoms with Crippen molar-refractivity contribution in [2.45, 2.75) is 45.0 Å². The van der Waals surface area contributed by atoms with Crippen LogP contribution in [0.1, 0.15) is 31.7 Å². The summed E-state index contributed by atoms with van der Waals surface area (Å²) in [5.74, 6) is 6.31. The highest BCUT2D eigenvalue weighted by atomic mass is 16.5. The molecule has 0 bridgehead atoms. The molecular formula is C20H28O6. The number of hydrogen-bond acceptors (Lipinski definition) is 6. The van der Waals surface area contributed by atoms with E-state index in [1.807, 2.05) is 24.3 Å². The van der Waals surface area contributed by atoms with Crippen molar-refractivity contribution in [2.75, 3.05) is 27.4 Å². The molecule has 0 aromatic heterocycles. The highest BCUT2D eigenvalue weighted by Gasteiger charge is 2.12. The molecule has 0 saturated heterocycles. The van der Waals surface area contributed by atoms with Gasteiger partial charge in [0.25, 0.3) is 0 Å². The lowest BCUT2D eigenvalue weighted by Gasteiger charge is -2.13. The van der Waals surface area contributed by atoms with Crippen molar-refractivity contribution in [2.24, 2.45) is 0 Å². The molecule has 0 fully saturated rings. The van der Waals surface area contributed by atoms with Crippen molar-refractivity contribution < 1.29 is 28.8 Å². The third-order valence-electron chi connectivity index (χ3n) is 3.49. The van der Waals surface area contributed by atoms with Crippen molar-refractivity contribution in [1.82, 2.24) is 0 Å². The first-order valence-electron chi connectivity index (χ1n) is 8.58. The smallest absolute Gasteiger partial charge is 0.303 e. The molecular weight excluding hydrogens is 336 g/mol. The van der Waals surface area contributed by atoms with Gasteiger partial charge in [0.2, 0.25) is 0 Å². The molecule has 1 unspecified atom stereocenters. The van der Waals surface area contributed by atoms with Crippen molar-refractivity contribution in [3.05, 3.63) is 29.8 Å². The Morgan fingerprint density at radius 1 is 1.19 bits per heavy atom. The Kier molecular flexibility index (Phi) is 11.1. The number of benzene rings is 1. The summed E-state index contributed by atoms with van der Waals surface area (Å²) in [6.07, 6.45) is 0.334. The van der Waals surface area contributed by atoms with Crippen LogP contribution in [0.5, 0.6) is 5.75 Å². The summed E-state index contributed by atoms with van der Waals surface area (Å²) in [6.45, 7) is 2.58. The standard InChI is InChI=1S/C20H28O6/c1-16(21)26-20(12-9-18(22)15-23-2)6-4-5-13-25-14-17-7-10-19(24-3)11-8-17/h7-8,10-11,18,20,22H,5,9,12-15H2,1-3H3/t18-,20?/m0/s1. The Hall–Kier alpha value is -2.07. The topological polar surface area (TPSA) is 74.2 Å². The van der Waals surface area contributed by atoms with Crippen LogP contribution in [-0.2, 0) is 25.6 Å². The molecule has 0 spiro atoms. The molecule has 0 radical (unpaired) electrons. The minimum absolute atomic E-state index is 0.249. The zero-order valence-electron chi connectivity index (χ0n) is 15.7. The van der Waals surface area contributed by atoms with E-state index in [0.717, 1.165) is 11.3 Å². The number of carbonyl (C=O) groups excluding carboxylic acids is 1. The summed E-state index contributed by atoms with van der Waals surface area (Å²) in [5.41, 5.74) is 1.06. The molecule has 144 valence electrons. The molecule has 1 N–H and O–H groups in total. The number of aliphatic hydroxyl groups is 1. The number of ether oxygens (including phenoxy) is 4. The highest BCUT2D eigenvalue weighted by molar-refractivity contribution is 5.66. The van der Waals surface area contributed by atoms with Crippen LogP contribution in [-0.4, -0.2) is 50.7 Å². The largest absolute Gasteiger partial charge is 0.497 e. The van der Waals surface area contributed by atoms with Gasteiger partial charge in [0, 0.05) is 20.5 Å². The van der Waals surface area contributed by atoms with E-state index >= 15 is 0 Å². The molecule has 0 saturated carbocycles. The summed E-state index contributed by atoms with van der Waals surface area (Å²) in [4.78, 5) is 11.2. The Balaban J connectivity index is 2.32. The number of methoxy groups -OCH3 is 2. The molecule has 1 aromatic rings. The minimum atomic E-state index is -0.590. The number of rotatable bonds is 11. The summed E-state index contributed by atoms with van der Waals surface area (Å²) >= 11 is 0. The highest BCUT2D eigenvalue weighted by Crippen LogP contribution is 2.12.